The summed E-state index contributed by atoms with van der Waals surface area (Å²) >= 11 is 0. The van der Waals surface area contributed by atoms with Gasteiger partial charge in [-0.25, -0.2) is 0 Å². The molecule has 158 valence electrons. The van der Waals surface area contributed by atoms with Crippen molar-refractivity contribution in [3.05, 3.63) is 29.8 Å². The van der Waals surface area contributed by atoms with Crippen molar-refractivity contribution >= 4 is 29.9 Å². The Labute approximate surface area is 185 Å². The van der Waals surface area contributed by atoms with Crippen molar-refractivity contribution in [3.8, 4) is 5.75 Å². The highest BCUT2D eigenvalue weighted by Gasteiger charge is 2.34. The smallest absolute Gasteiger partial charge is 0.191 e. The van der Waals surface area contributed by atoms with Gasteiger partial charge in [0.2, 0.25) is 0 Å². The lowest BCUT2D eigenvalue weighted by Crippen LogP contribution is -2.49. The molecule has 6 nitrogen and oxygen atoms in total. The van der Waals surface area contributed by atoms with E-state index < -0.39 is 0 Å². The van der Waals surface area contributed by atoms with Crippen molar-refractivity contribution in [2.45, 2.75) is 44.1 Å². The molecule has 3 rings (SSSR count). The van der Waals surface area contributed by atoms with E-state index >= 15 is 0 Å². The molecule has 0 amide bonds. The maximum Gasteiger partial charge on any atom is 0.191 e. The van der Waals surface area contributed by atoms with Crippen LogP contribution in [0.4, 0.5) is 0 Å². The molecule has 2 aliphatic heterocycles. The van der Waals surface area contributed by atoms with Crippen molar-refractivity contribution in [2.24, 2.45) is 4.99 Å². The summed E-state index contributed by atoms with van der Waals surface area (Å²) in [6, 6.07) is 8.53. The largest absolute Gasteiger partial charge is 0.494 e. The standard InChI is InChI=1S/C21H33N3O3.HI/c1-3-26-18-8-6-17(7-9-18)21(10-13-25-14-11-21)16-24-20(22-2)23-15-19-5-4-12-27-19;/h6-9,19H,3-5,10-16H2,1-2H3,(H2,22,23,24);1H. The van der Waals surface area contributed by atoms with Gasteiger partial charge >= 0.3 is 0 Å². The fourth-order valence-corrected chi connectivity index (χ4v) is 3.89. The summed E-state index contributed by atoms with van der Waals surface area (Å²) in [5.41, 5.74) is 1.38. The first-order valence-electron chi connectivity index (χ1n) is 10.1. The maximum absolute atomic E-state index is 5.69. The molecule has 1 unspecified atom stereocenters. The molecule has 0 spiro atoms. The number of ether oxygens (including phenoxy) is 3. The van der Waals surface area contributed by atoms with Crippen molar-refractivity contribution < 1.29 is 14.2 Å². The number of hydrogen-bond acceptors (Lipinski definition) is 4. The average Bonchev–Trinajstić information content (AvgIpc) is 3.23. The van der Waals surface area contributed by atoms with Crippen LogP contribution in [0.3, 0.4) is 0 Å². The third-order valence-corrected chi connectivity index (χ3v) is 5.57. The summed E-state index contributed by atoms with van der Waals surface area (Å²) in [5, 5.41) is 6.95. The van der Waals surface area contributed by atoms with Gasteiger partial charge < -0.3 is 24.8 Å². The fraction of sp³-hybridized carbons (Fsp3) is 0.667. The van der Waals surface area contributed by atoms with Crippen LogP contribution in [-0.4, -0.2) is 58.6 Å². The zero-order valence-corrected chi connectivity index (χ0v) is 19.4. The Balaban J connectivity index is 0.00000280. The fourth-order valence-electron chi connectivity index (χ4n) is 3.89. The van der Waals surface area contributed by atoms with E-state index in [1.807, 2.05) is 14.0 Å². The predicted octanol–water partition coefficient (Wildman–Crippen LogP) is 3.10. The Kier molecular flexibility index (Phi) is 9.81. The van der Waals surface area contributed by atoms with Crippen LogP contribution in [0.5, 0.6) is 5.75 Å². The number of rotatable bonds is 7. The molecular formula is C21H34IN3O3. The van der Waals surface area contributed by atoms with E-state index in [-0.39, 0.29) is 29.4 Å². The third kappa shape index (κ3) is 6.22. The van der Waals surface area contributed by atoms with Crippen LogP contribution in [0.1, 0.15) is 38.2 Å². The summed E-state index contributed by atoms with van der Waals surface area (Å²) in [7, 11) is 1.82. The van der Waals surface area contributed by atoms with E-state index in [0.717, 1.165) is 70.3 Å². The van der Waals surface area contributed by atoms with E-state index in [4.69, 9.17) is 14.2 Å². The molecule has 1 aromatic rings. The topological polar surface area (TPSA) is 64.1 Å². The number of aliphatic imine (C=N–C) groups is 1. The van der Waals surface area contributed by atoms with Crippen LogP contribution >= 0.6 is 24.0 Å². The van der Waals surface area contributed by atoms with Crippen LogP contribution in [0.2, 0.25) is 0 Å². The summed E-state index contributed by atoms with van der Waals surface area (Å²) in [5.74, 6) is 1.76. The van der Waals surface area contributed by atoms with Gasteiger partial charge in [-0.3, -0.25) is 4.99 Å². The molecule has 2 N–H and O–H groups in total. The van der Waals surface area contributed by atoms with E-state index in [1.54, 1.807) is 0 Å². The van der Waals surface area contributed by atoms with Crippen molar-refractivity contribution in [2.75, 3.05) is 46.6 Å². The first kappa shape index (κ1) is 23.2. The molecular weight excluding hydrogens is 469 g/mol. The molecule has 2 fully saturated rings. The van der Waals surface area contributed by atoms with Gasteiger partial charge in [-0.1, -0.05) is 12.1 Å². The first-order chi connectivity index (χ1) is 13.3. The van der Waals surface area contributed by atoms with E-state index in [2.05, 4.69) is 39.9 Å². The van der Waals surface area contributed by atoms with E-state index in [1.165, 1.54) is 5.56 Å². The Morgan fingerprint density at radius 1 is 1.18 bits per heavy atom. The lowest BCUT2D eigenvalue weighted by Gasteiger charge is -2.38. The second-order valence-electron chi connectivity index (χ2n) is 7.29. The Morgan fingerprint density at radius 3 is 2.54 bits per heavy atom. The van der Waals surface area contributed by atoms with Gasteiger partial charge in [0.15, 0.2) is 5.96 Å². The molecule has 0 aromatic heterocycles. The molecule has 2 aliphatic rings. The highest BCUT2D eigenvalue weighted by Crippen LogP contribution is 2.35. The Hall–Kier alpha value is -1.06. The lowest BCUT2D eigenvalue weighted by molar-refractivity contribution is 0.0513. The second-order valence-corrected chi connectivity index (χ2v) is 7.29. The number of nitrogens with zero attached hydrogens (tertiary/aromatic N) is 1. The molecule has 28 heavy (non-hydrogen) atoms. The highest BCUT2D eigenvalue weighted by molar-refractivity contribution is 14.0. The molecule has 2 saturated heterocycles. The zero-order valence-electron chi connectivity index (χ0n) is 17.0. The minimum Gasteiger partial charge on any atom is -0.494 e. The molecule has 0 bridgehead atoms. The van der Waals surface area contributed by atoms with Gasteiger partial charge in [-0.15, -0.1) is 24.0 Å². The third-order valence-electron chi connectivity index (χ3n) is 5.57. The lowest BCUT2D eigenvalue weighted by atomic mass is 9.74. The summed E-state index contributed by atoms with van der Waals surface area (Å²) < 4.78 is 16.9. The minimum atomic E-state index is 0. The number of hydrogen-bond donors (Lipinski definition) is 2. The number of benzene rings is 1. The second kappa shape index (κ2) is 11.8. The zero-order chi connectivity index (χ0) is 19.0. The van der Waals surface area contributed by atoms with E-state index in [9.17, 15) is 0 Å². The molecule has 1 atom stereocenters. The molecule has 1 aromatic carbocycles. The van der Waals surface area contributed by atoms with Crippen LogP contribution < -0.4 is 15.4 Å². The number of halogens is 1. The van der Waals surface area contributed by atoms with Crippen molar-refractivity contribution in [1.29, 1.82) is 0 Å². The van der Waals surface area contributed by atoms with Gasteiger partial charge in [0.25, 0.3) is 0 Å². The predicted molar refractivity (Wildman–Crippen MR) is 123 cm³/mol. The SMILES string of the molecule is CCOc1ccc(C2(CNC(=NC)NCC3CCCO3)CCOCC2)cc1.I. The van der Waals surface area contributed by atoms with Crippen molar-refractivity contribution in [3.63, 3.8) is 0 Å². The molecule has 0 aliphatic carbocycles. The normalized spacial score (nSPS) is 21.6. The van der Waals surface area contributed by atoms with Gasteiger partial charge in [0, 0.05) is 45.4 Å². The van der Waals surface area contributed by atoms with Gasteiger partial charge in [0.05, 0.1) is 12.7 Å². The molecule has 2 heterocycles. The summed E-state index contributed by atoms with van der Waals surface area (Å²) in [4.78, 5) is 4.38. The Bertz CT molecular complexity index is 597. The molecule has 0 saturated carbocycles. The van der Waals surface area contributed by atoms with Crippen LogP contribution in [-0.2, 0) is 14.9 Å². The van der Waals surface area contributed by atoms with Gasteiger partial charge in [-0.05, 0) is 50.3 Å². The minimum absolute atomic E-state index is 0. The molecule has 7 heteroatoms. The molecule has 0 radical (unpaired) electrons. The number of nitrogens with one attached hydrogen (secondary N) is 2. The van der Waals surface area contributed by atoms with Gasteiger partial charge in [-0.2, -0.15) is 0 Å². The quantitative estimate of drug-likeness (QED) is 0.340. The van der Waals surface area contributed by atoms with Crippen molar-refractivity contribution in [1.82, 2.24) is 10.6 Å². The van der Waals surface area contributed by atoms with Gasteiger partial charge in [0.1, 0.15) is 5.75 Å². The van der Waals surface area contributed by atoms with Crippen LogP contribution in [0.15, 0.2) is 29.3 Å². The summed E-state index contributed by atoms with van der Waals surface area (Å²) in [6.07, 6.45) is 4.57. The average molecular weight is 503 g/mol. The van der Waals surface area contributed by atoms with E-state index in [0.29, 0.717) is 12.7 Å². The first-order valence-corrected chi connectivity index (χ1v) is 10.1. The summed E-state index contributed by atoms with van der Waals surface area (Å²) in [6.45, 7) is 6.78. The Morgan fingerprint density at radius 2 is 1.93 bits per heavy atom. The highest BCUT2D eigenvalue weighted by atomic mass is 127. The number of guanidine groups is 1. The maximum atomic E-state index is 5.69. The van der Waals surface area contributed by atoms with Crippen LogP contribution in [0, 0.1) is 0 Å². The van der Waals surface area contributed by atoms with Crippen LogP contribution in [0.25, 0.3) is 0 Å². The monoisotopic (exact) mass is 503 g/mol.